The van der Waals surface area contributed by atoms with Gasteiger partial charge in [-0.1, -0.05) is 30.3 Å². The van der Waals surface area contributed by atoms with Crippen LogP contribution in [-0.2, 0) is 16.8 Å². The quantitative estimate of drug-likeness (QED) is 0.931. The smallest absolute Gasteiger partial charge is 0.313 e. The van der Waals surface area contributed by atoms with E-state index in [1.54, 1.807) is 13.8 Å². The Labute approximate surface area is 119 Å². The number of benzene rings is 1. The molecule has 4 heteroatoms. The molecule has 0 aliphatic carbocycles. The first-order valence-electron chi connectivity index (χ1n) is 6.66. The Hall–Kier alpha value is -2.10. The van der Waals surface area contributed by atoms with Crippen LogP contribution in [0.25, 0.3) is 0 Å². The number of aromatic nitrogens is 2. The summed E-state index contributed by atoms with van der Waals surface area (Å²) >= 11 is 0. The zero-order valence-electron chi connectivity index (χ0n) is 12.3. The standard InChI is InChI=1S/C16H20N2O2/c1-11-14(16(3,4)15(19)20)12(2)18(17-11)10-13-8-6-5-7-9-13/h5-9H,10H2,1-4H3,(H,19,20). The van der Waals surface area contributed by atoms with Crippen LogP contribution in [0, 0.1) is 13.8 Å². The van der Waals surface area contributed by atoms with Gasteiger partial charge >= 0.3 is 5.97 Å². The number of carboxylic acid groups (broad SMARTS) is 1. The van der Waals surface area contributed by atoms with Crippen molar-refractivity contribution in [1.29, 1.82) is 0 Å². The van der Waals surface area contributed by atoms with Gasteiger partial charge in [0, 0.05) is 11.3 Å². The van der Waals surface area contributed by atoms with E-state index >= 15 is 0 Å². The highest BCUT2D eigenvalue weighted by Crippen LogP contribution is 2.29. The summed E-state index contributed by atoms with van der Waals surface area (Å²) < 4.78 is 1.88. The Morgan fingerprint density at radius 3 is 2.40 bits per heavy atom. The largest absolute Gasteiger partial charge is 0.481 e. The van der Waals surface area contributed by atoms with Crippen LogP contribution in [0.1, 0.15) is 36.4 Å². The van der Waals surface area contributed by atoms with Crippen LogP contribution in [0.15, 0.2) is 30.3 Å². The predicted octanol–water partition coefficient (Wildman–Crippen LogP) is 2.91. The van der Waals surface area contributed by atoms with Crippen molar-refractivity contribution in [2.75, 3.05) is 0 Å². The zero-order chi connectivity index (χ0) is 14.9. The monoisotopic (exact) mass is 272 g/mol. The number of aryl methyl sites for hydroxylation is 1. The highest BCUT2D eigenvalue weighted by Gasteiger charge is 2.35. The van der Waals surface area contributed by atoms with Crippen LogP contribution in [0.5, 0.6) is 0 Å². The number of hydrogen-bond acceptors (Lipinski definition) is 2. The molecule has 2 aromatic rings. The molecule has 0 unspecified atom stereocenters. The van der Waals surface area contributed by atoms with Crippen LogP contribution in [-0.4, -0.2) is 20.9 Å². The van der Waals surface area contributed by atoms with E-state index in [1.807, 2.05) is 48.9 Å². The molecular weight excluding hydrogens is 252 g/mol. The molecule has 1 N–H and O–H groups in total. The third-order valence-corrected chi connectivity index (χ3v) is 3.72. The summed E-state index contributed by atoms with van der Waals surface area (Å²) in [6.07, 6.45) is 0. The zero-order valence-corrected chi connectivity index (χ0v) is 12.3. The molecule has 1 aromatic carbocycles. The van der Waals surface area contributed by atoms with E-state index in [1.165, 1.54) is 0 Å². The summed E-state index contributed by atoms with van der Waals surface area (Å²) in [6.45, 7) is 7.90. The summed E-state index contributed by atoms with van der Waals surface area (Å²) in [5, 5.41) is 13.9. The second-order valence-electron chi connectivity index (χ2n) is 5.62. The minimum Gasteiger partial charge on any atom is -0.481 e. The van der Waals surface area contributed by atoms with E-state index < -0.39 is 11.4 Å². The van der Waals surface area contributed by atoms with Gasteiger partial charge in [-0.15, -0.1) is 0 Å². The molecule has 0 amide bonds. The van der Waals surface area contributed by atoms with E-state index in [4.69, 9.17) is 0 Å². The summed E-state index contributed by atoms with van der Waals surface area (Å²) in [5.74, 6) is -0.831. The maximum Gasteiger partial charge on any atom is 0.313 e. The van der Waals surface area contributed by atoms with E-state index in [9.17, 15) is 9.90 Å². The van der Waals surface area contributed by atoms with E-state index in [0.29, 0.717) is 6.54 Å². The molecule has 4 nitrogen and oxygen atoms in total. The Morgan fingerprint density at radius 1 is 1.25 bits per heavy atom. The topological polar surface area (TPSA) is 55.1 Å². The molecular formula is C16H20N2O2. The third kappa shape index (κ3) is 2.46. The van der Waals surface area contributed by atoms with Crippen molar-refractivity contribution in [3.05, 3.63) is 52.8 Å². The lowest BCUT2D eigenvalue weighted by molar-refractivity contribution is -0.142. The normalized spacial score (nSPS) is 11.6. The summed E-state index contributed by atoms with van der Waals surface area (Å²) in [4.78, 5) is 11.5. The first-order chi connectivity index (χ1) is 9.34. The minimum atomic E-state index is -0.927. The third-order valence-electron chi connectivity index (χ3n) is 3.72. The van der Waals surface area contributed by atoms with Crippen LogP contribution in [0.4, 0.5) is 0 Å². The lowest BCUT2D eigenvalue weighted by atomic mass is 9.83. The molecule has 0 radical (unpaired) electrons. The Morgan fingerprint density at radius 2 is 1.85 bits per heavy atom. The van der Waals surface area contributed by atoms with Crippen molar-refractivity contribution in [1.82, 2.24) is 9.78 Å². The van der Waals surface area contributed by atoms with Crippen molar-refractivity contribution in [3.8, 4) is 0 Å². The number of carbonyl (C=O) groups is 1. The molecule has 0 spiro atoms. The first-order valence-corrected chi connectivity index (χ1v) is 6.66. The molecule has 0 aliphatic heterocycles. The van der Waals surface area contributed by atoms with Crippen LogP contribution in [0.3, 0.4) is 0 Å². The van der Waals surface area contributed by atoms with E-state index in [0.717, 1.165) is 22.5 Å². The highest BCUT2D eigenvalue weighted by molar-refractivity contribution is 5.81. The molecule has 0 fully saturated rings. The molecule has 0 saturated carbocycles. The van der Waals surface area contributed by atoms with Gasteiger partial charge in [0.1, 0.15) is 0 Å². The predicted molar refractivity (Wildman–Crippen MR) is 77.9 cm³/mol. The molecule has 0 atom stereocenters. The Kier molecular flexibility index (Phi) is 3.66. The average Bonchev–Trinajstić information content (AvgIpc) is 2.65. The molecule has 20 heavy (non-hydrogen) atoms. The van der Waals surface area contributed by atoms with E-state index in [2.05, 4.69) is 5.10 Å². The lowest BCUT2D eigenvalue weighted by Gasteiger charge is -2.20. The molecule has 0 aliphatic rings. The highest BCUT2D eigenvalue weighted by atomic mass is 16.4. The molecule has 0 saturated heterocycles. The average molecular weight is 272 g/mol. The summed E-state index contributed by atoms with van der Waals surface area (Å²) in [7, 11) is 0. The first kappa shape index (κ1) is 14.3. The number of carboxylic acids is 1. The van der Waals surface area contributed by atoms with Crippen molar-refractivity contribution in [2.24, 2.45) is 0 Å². The summed E-state index contributed by atoms with van der Waals surface area (Å²) in [6, 6.07) is 10.0. The fourth-order valence-electron chi connectivity index (χ4n) is 2.62. The molecule has 1 aromatic heterocycles. The van der Waals surface area contributed by atoms with Gasteiger partial charge in [0.15, 0.2) is 0 Å². The van der Waals surface area contributed by atoms with Crippen molar-refractivity contribution in [2.45, 2.75) is 39.7 Å². The second-order valence-corrected chi connectivity index (χ2v) is 5.62. The molecule has 106 valence electrons. The summed E-state index contributed by atoms with van der Waals surface area (Å²) in [5.41, 5.74) is 2.73. The fourth-order valence-corrected chi connectivity index (χ4v) is 2.62. The molecule has 0 bridgehead atoms. The van der Waals surface area contributed by atoms with Crippen LogP contribution >= 0.6 is 0 Å². The number of hydrogen-bond donors (Lipinski definition) is 1. The number of aliphatic carboxylic acids is 1. The lowest BCUT2D eigenvalue weighted by Crippen LogP contribution is -2.29. The molecule has 1 heterocycles. The van der Waals surface area contributed by atoms with Gasteiger partial charge in [-0.2, -0.15) is 5.10 Å². The van der Waals surface area contributed by atoms with E-state index in [-0.39, 0.29) is 0 Å². The second kappa shape index (κ2) is 5.12. The van der Waals surface area contributed by atoms with Crippen molar-refractivity contribution >= 4 is 5.97 Å². The van der Waals surface area contributed by atoms with Crippen LogP contribution in [0.2, 0.25) is 0 Å². The maximum atomic E-state index is 11.5. The van der Waals surface area contributed by atoms with Crippen molar-refractivity contribution in [3.63, 3.8) is 0 Å². The van der Waals surface area contributed by atoms with Crippen molar-refractivity contribution < 1.29 is 9.90 Å². The van der Waals surface area contributed by atoms with Crippen LogP contribution < -0.4 is 0 Å². The fraction of sp³-hybridized carbons (Fsp3) is 0.375. The van der Waals surface area contributed by atoms with Gasteiger partial charge in [-0.25, -0.2) is 0 Å². The van der Waals surface area contributed by atoms with Gasteiger partial charge in [0.25, 0.3) is 0 Å². The minimum absolute atomic E-state index is 0.656. The SMILES string of the molecule is Cc1nn(Cc2ccccc2)c(C)c1C(C)(C)C(=O)O. The maximum absolute atomic E-state index is 11.5. The Bertz CT molecular complexity index is 627. The molecule has 2 rings (SSSR count). The van der Waals surface area contributed by atoms with Gasteiger partial charge in [0.05, 0.1) is 17.7 Å². The Balaban J connectivity index is 2.42. The number of rotatable bonds is 4. The van der Waals surface area contributed by atoms with Gasteiger partial charge in [-0.05, 0) is 33.3 Å². The van der Waals surface area contributed by atoms with Gasteiger partial charge in [0.2, 0.25) is 0 Å². The van der Waals surface area contributed by atoms with Gasteiger partial charge < -0.3 is 5.11 Å². The number of nitrogens with zero attached hydrogens (tertiary/aromatic N) is 2. The van der Waals surface area contributed by atoms with Gasteiger partial charge in [-0.3, -0.25) is 9.48 Å².